The fraction of sp³-hybridized carbons (Fsp3) is 0.824. The number of piperidine rings is 1. The second-order valence-electron chi connectivity index (χ2n) is 7.65. The minimum Gasteiger partial charge on any atom is -0.378 e. The molecule has 0 spiro atoms. The molecule has 27 heavy (non-hydrogen) atoms. The molecule has 1 aromatic heterocycles. The molecule has 4 atom stereocenters. The highest BCUT2D eigenvalue weighted by atomic mass is 19.4. The van der Waals surface area contributed by atoms with E-state index in [1.165, 1.54) is 0 Å². The van der Waals surface area contributed by atoms with Crippen molar-refractivity contribution in [2.75, 3.05) is 25.0 Å². The average molecular weight is 387 g/mol. The summed E-state index contributed by atoms with van der Waals surface area (Å²) in [7, 11) is 0. The highest BCUT2D eigenvalue weighted by Crippen LogP contribution is 2.40. The Kier molecular flexibility index (Phi) is 5.00. The molecule has 1 N–H and O–H groups in total. The van der Waals surface area contributed by atoms with Gasteiger partial charge in [0.25, 0.3) is 0 Å². The lowest BCUT2D eigenvalue weighted by Crippen LogP contribution is -2.49. The molecule has 3 aliphatic heterocycles. The lowest BCUT2D eigenvalue weighted by molar-refractivity contribution is -0.175. The van der Waals surface area contributed by atoms with E-state index in [2.05, 4.69) is 15.4 Å². The Balaban J connectivity index is 1.43. The van der Waals surface area contributed by atoms with Crippen LogP contribution in [0.25, 0.3) is 0 Å². The Hall–Kier alpha value is -1.84. The molecule has 0 bridgehead atoms. The van der Waals surface area contributed by atoms with Crippen LogP contribution >= 0.6 is 0 Å². The highest BCUT2D eigenvalue weighted by molar-refractivity contribution is 5.76. The molecule has 1 amide bonds. The van der Waals surface area contributed by atoms with Crippen LogP contribution in [-0.2, 0) is 9.53 Å². The Bertz CT molecular complexity index is 674. The van der Waals surface area contributed by atoms with Crippen LogP contribution in [-0.4, -0.2) is 63.6 Å². The molecule has 0 saturated carbocycles. The number of carbonyl (C=O) groups is 1. The first-order valence-electron chi connectivity index (χ1n) is 9.54. The van der Waals surface area contributed by atoms with Gasteiger partial charge in [-0.25, -0.2) is 4.68 Å². The normalized spacial score (nSPS) is 31.4. The number of anilines is 1. The van der Waals surface area contributed by atoms with Crippen LogP contribution in [0, 0.1) is 5.92 Å². The number of carbonyl (C=O) groups excluding carboxylic acids is 1. The molecular weight excluding hydrogens is 363 g/mol. The summed E-state index contributed by atoms with van der Waals surface area (Å²) in [6.07, 6.45) is 0.474. The number of rotatable bonds is 3. The number of aromatic nitrogens is 3. The van der Waals surface area contributed by atoms with E-state index in [1.807, 2.05) is 0 Å². The maximum atomic E-state index is 13.5. The Morgan fingerprint density at radius 2 is 2.19 bits per heavy atom. The first kappa shape index (κ1) is 18.5. The topological polar surface area (TPSA) is 72.3 Å². The van der Waals surface area contributed by atoms with Gasteiger partial charge in [-0.1, -0.05) is 0 Å². The van der Waals surface area contributed by atoms with Crippen molar-refractivity contribution in [2.24, 2.45) is 5.92 Å². The summed E-state index contributed by atoms with van der Waals surface area (Å²) in [5.74, 6) is 0.150. The number of amides is 1. The molecule has 4 heterocycles. The van der Waals surface area contributed by atoms with Crippen molar-refractivity contribution in [1.82, 2.24) is 19.7 Å². The number of nitrogens with zero attached hydrogens (tertiary/aromatic N) is 4. The van der Waals surface area contributed by atoms with E-state index < -0.39 is 12.2 Å². The molecule has 2 fully saturated rings. The number of nitrogens with one attached hydrogen (secondary N) is 1. The highest BCUT2D eigenvalue weighted by Gasteiger charge is 2.48. The molecular formula is C17H24F3N5O2. The van der Waals surface area contributed by atoms with E-state index in [-0.39, 0.29) is 36.3 Å². The van der Waals surface area contributed by atoms with Gasteiger partial charge in [0, 0.05) is 25.7 Å². The first-order valence-corrected chi connectivity index (χ1v) is 9.54. The van der Waals surface area contributed by atoms with Gasteiger partial charge in [0.2, 0.25) is 11.9 Å². The van der Waals surface area contributed by atoms with Gasteiger partial charge in [-0.05, 0) is 38.0 Å². The molecule has 1 aromatic rings. The third kappa shape index (κ3) is 3.90. The second kappa shape index (κ2) is 7.29. The van der Waals surface area contributed by atoms with Gasteiger partial charge in [0.05, 0.1) is 12.5 Å². The van der Waals surface area contributed by atoms with E-state index in [1.54, 1.807) is 4.90 Å². The molecule has 0 aliphatic carbocycles. The van der Waals surface area contributed by atoms with Crippen molar-refractivity contribution in [3.63, 3.8) is 0 Å². The Morgan fingerprint density at radius 3 is 2.93 bits per heavy atom. The zero-order valence-electron chi connectivity index (χ0n) is 15.0. The summed E-state index contributed by atoms with van der Waals surface area (Å²) in [5, 5.41) is 6.84. The fourth-order valence-corrected chi connectivity index (χ4v) is 4.42. The molecule has 2 unspecified atom stereocenters. The number of hydrogen-bond donors (Lipinski definition) is 1. The van der Waals surface area contributed by atoms with Gasteiger partial charge < -0.3 is 15.0 Å². The van der Waals surface area contributed by atoms with Crippen LogP contribution in [0.2, 0.25) is 0 Å². The summed E-state index contributed by atoms with van der Waals surface area (Å²) in [6.45, 7) is 1.83. The standard InChI is InChI=1S/C17H24F3N5O2/c18-17(19,20)14-8-13(23-16-21-10-22-25(14)16)11-3-1-5-24(9-11)15(26)7-12-4-2-6-27-12/h10-14H,1-9H2,(H,21,22,23)/t11?,12?,13-,14+/m0/s1. The van der Waals surface area contributed by atoms with Crippen LogP contribution in [0.15, 0.2) is 6.33 Å². The lowest BCUT2D eigenvalue weighted by Gasteiger charge is -2.41. The number of likely N-dealkylation sites (tertiary alicyclic amines) is 1. The number of halogens is 3. The fourth-order valence-electron chi connectivity index (χ4n) is 4.42. The predicted molar refractivity (Wildman–Crippen MR) is 90.0 cm³/mol. The van der Waals surface area contributed by atoms with Crippen LogP contribution in [0.4, 0.5) is 19.1 Å². The molecule has 7 nitrogen and oxygen atoms in total. The zero-order chi connectivity index (χ0) is 19.0. The van der Waals surface area contributed by atoms with Gasteiger partial charge in [0.1, 0.15) is 6.33 Å². The molecule has 150 valence electrons. The summed E-state index contributed by atoms with van der Waals surface area (Å²) < 4.78 is 46.9. The zero-order valence-corrected chi connectivity index (χ0v) is 15.0. The van der Waals surface area contributed by atoms with Crippen molar-refractivity contribution >= 4 is 11.9 Å². The van der Waals surface area contributed by atoms with Crippen LogP contribution in [0.5, 0.6) is 0 Å². The smallest absolute Gasteiger partial charge is 0.378 e. The predicted octanol–water partition coefficient (Wildman–Crippen LogP) is 2.37. The van der Waals surface area contributed by atoms with E-state index >= 15 is 0 Å². The van der Waals surface area contributed by atoms with Gasteiger partial charge >= 0.3 is 6.18 Å². The Labute approximate surface area is 155 Å². The molecule has 10 heteroatoms. The van der Waals surface area contributed by atoms with Gasteiger partial charge in [0.15, 0.2) is 6.04 Å². The molecule has 2 saturated heterocycles. The number of hydrogen-bond acceptors (Lipinski definition) is 5. The lowest BCUT2D eigenvalue weighted by atomic mass is 9.85. The van der Waals surface area contributed by atoms with Crippen LogP contribution in [0.1, 0.15) is 44.6 Å². The van der Waals surface area contributed by atoms with Crippen molar-refractivity contribution in [2.45, 2.75) is 62.9 Å². The van der Waals surface area contributed by atoms with E-state index in [0.717, 1.165) is 36.7 Å². The average Bonchev–Trinajstić information content (AvgIpc) is 3.31. The maximum Gasteiger partial charge on any atom is 0.411 e. The quantitative estimate of drug-likeness (QED) is 0.862. The monoisotopic (exact) mass is 387 g/mol. The summed E-state index contributed by atoms with van der Waals surface area (Å²) in [5.41, 5.74) is 0. The third-order valence-corrected chi connectivity index (χ3v) is 5.84. The van der Waals surface area contributed by atoms with Crippen LogP contribution in [0.3, 0.4) is 0 Å². The van der Waals surface area contributed by atoms with Crippen molar-refractivity contribution in [3.05, 3.63) is 6.33 Å². The number of ether oxygens (including phenoxy) is 1. The summed E-state index contributed by atoms with van der Waals surface area (Å²) >= 11 is 0. The molecule has 0 aromatic carbocycles. The SMILES string of the molecule is O=C(CC1CCCO1)N1CCCC([C@@H]2C[C@H](C(F)(F)F)n3ncnc3N2)C1. The van der Waals surface area contributed by atoms with Gasteiger partial charge in [-0.3, -0.25) is 4.79 Å². The minimum atomic E-state index is -4.38. The maximum absolute atomic E-state index is 13.5. The molecule has 3 aliphatic rings. The third-order valence-electron chi connectivity index (χ3n) is 5.84. The second-order valence-corrected chi connectivity index (χ2v) is 7.65. The van der Waals surface area contributed by atoms with Crippen molar-refractivity contribution in [3.8, 4) is 0 Å². The van der Waals surface area contributed by atoms with Crippen molar-refractivity contribution in [1.29, 1.82) is 0 Å². The van der Waals surface area contributed by atoms with Crippen LogP contribution < -0.4 is 5.32 Å². The van der Waals surface area contributed by atoms with E-state index in [0.29, 0.717) is 26.1 Å². The molecule has 4 rings (SSSR count). The van der Waals surface area contributed by atoms with E-state index in [9.17, 15) is 18.0 Å². The molecule has 0 radical (unpaired) electrons. The Morgan fingerprint density at radius 1 is 1.33 bits per heavy atom. The summed E-state index contributed by atoms with van der Waals surface area (Å²) in [6, 6.07) is -2.06. The largest absolute Gasteiger partial charge is 0.411 e. The van der Waals surface area contributed by atoms with Gasteiger partial charge in [-0.2, -0.15) is 23.3 Å². The first-order chi connectivity index (χ1) is 12.9. The van der Waals surface area contributed by atoms with Crippen molar-refractivity contribution < 1.29 is 22.7 Å². The minimum absolute atomic E-state index is 0.0150. The van der Waals surface area contributed by atoms with Gasteiger partial charge in [-0.15, -0.1) is 0 Å². The number of fused-ring (bicyclic) bond motifs is 1. The summed E-state index contributed by atoms with van der Waals surface area (Å²) in [4.78, 5) is 18.3. The van der Waals surface area contributed by atoms with E-state index in [4.69, 9.17) is 4.74 Å². The number of alkyl halides is 3.